The van der Waals surface area contributed by atoms with Gasteiger partial charge in [-0.3, -0.25) is 14.4 Å². The summed E-state index contributed by atoms with van der Waals surface area (Å²) in [4.78, 5) is 53.4. The molecular weight excluding hydrogens is 492 g/mol. The molecule has 1 aromatic carbocycles. The van der Waals surface area contributed by atoms with Gasteiger partial charge in [-0.1, -0.05) is 13.8 Å². The number of carbonyl (C=O) groups is 4. The fraction of sp³-hybridized carbons (Fsp3) is 0.448. The van der Waals surface area contributed by atoms with Crippen molar-refractivity contribution in [2.24, 2.45) is 28.6 Å². The van der Waals surface area contributed by atoms with Gasteiger partial charge in [-0.25, -0.2) is 4.79 Å². The minimum atomic E-state index is -0.875. The molecule has 0 spiro atoms. The molecule has 0 amide bonds. The van der Waals surface area contributed by atoms with E-state index in [0.29, 0.717) is 30.6 Å². The number of furan rings is 1. The van der Waals surface area contributed by atoms with Crippen molar-refractivity contribution in [1.29, 1.82) is 0 Å². The van der Waals surface area contributed by atoms with Gasteiger partial charge in [-0.15, -0.1) is 0 Å². The fourth-order valence-corrected chi connectivity index (χ4v) is 6.77. The number of carbonyl (C=O) groups excluding carboxylic acids is 4. The van der Waals surface area contributed by atoms with Crippen molar-refractivity contribution >= 4 is 23.7 Å². The van der Waals surface area contributed by atoms with E-state index in [2.05, 4.69) is 0 Å². The number of hydrogen-bond donors (Lipinski definition) is 0. The molecule has 1 saturated carbocycles. The number of fused-ring (bicyclic) bond motifs is 3. The molecule has 2 fully saturated rings. The Balaban J connectivity index is 1.54. The van der Waals surface area contributed by atoms with Gasteiger partial charge in [0.1, 0.15) is 11.9 Å². The third kappa shape index (κ3) is 4.01. The smallest absolute Gasteiger partial charge is 0.343 e. The molecule has 1 aliphatic heterocycles. The van der Waals surface area contributed by atoms with Crippen molar-refractivity contribution in [3.8, 4) is 5.75 Å². The van der Waals surface area contributed by atoms with E-state index in [1.54, 1.807) is 18.2 Å². The van der Waals surface area contributed by atoms with Crippen LogP contribution in [-0.2, 0) is 28.6 Å². The van der Waals surface area contributed by atoms with Crippen LogP contribution in [0.5, 0.6) is 5.75 Å². The number of allylic oxidation sites excluding steroid dienone is 1. The molecule has 3 aliphatic rings. The average Bonchev–Trinajstić information content (AvgIpc) is 3.44. The summed E-state index contributed by atoms with van der Waals surface area (Å²) in [5.41, 5.74) is -0.819. The van der Waals surface area contributed by atoms with Crippen molar-refractivity contribution in [1.82, 2.24) is 0 Å². The third-order valence-corrected chi connectivity index (χ3v) is 8.69. The zero-order valence-corrected chi connectivity index (χ0v) is 21.7. The van der Waals surface area contributed by atoms with Crippen molar-refractivity contribution in [2.75, 3.05) is 14.2 Å². The van der Waals surface area contributed by atoms with E-state index in [1.807, 2.05) is 13.8 Å². The Bertz CT molecular complexity index is 1290. The van der Waals surface area contributed by atoms with Crippen LogP contribution in [0.3, 0.4) is 0 Å². The van der Waals surface area contributed by atoms with E-state index in [0.717, 1.165) is 0 Å². The zero-order chi connectivity index (χ0) is 27.2. The summed E-state index contributed by atoms with van der Waals surface area (Å²) < 4.78 is 26.8. The Morgan fingerprint density at radius 1 is 1.03 bits per heavy atom. The van der Waals surface area contributed by atoms with Crippen LogP contribution in [-0.4, -0.2) is 37.9 Å². The lowest BCUT2D eigenvalue weighted by atomic mass is 9.44. The van der Waals surface area contributed by atoms with Crippen LogP contribution in [0.4, 0.5) is 0 Å². The highest BCUT2D eigenvalue weighted by molar-refractivity contribution is 6.03. The number of benzene rings is 1. The molecule has 9 nitrogen and oxygen atoms in total. The maximum Gasteiger partial charge on any atom is 0.343 e. The topological polar surface area (TPSA) is 118 Å². The lowest BCUT2D eigenvalue weighted by Gasteiger charge is -2.59. The summed E-state index contributed by atoms with van der Waals surface area (Å²) in [6, 6.07) is 8.01. The molecule has 0 unspecified atom stereocenters. The number of cyclic esters (lactones) is 1. The van der Waals surface area contributed by atoms with Crippen LogP contribution >= 0.6 is 0 Å². The molecule has 6 atom stereocenters. The van der Waals surface area contributed by atoms with Gasteiger partial charge < -0.3 is 23.4 Å². The van der Waals surface area contributed by atoms with Crippen LogP contribution in [0, 0.1) is 28.6 Å². The van der Waals surface area contributed by atoms with Gasteiger partial charge in [-0.05, 0) is 66.5 Å². The first-order chi connectivity index (χ1) is 18.1. The first kappa shape index (κ1) is 25.8. The van der Waals surface area contributed by atoms with E-state index in [1.165, 1.54) is 45.0 Å². The molecule has 2 heterocycles. The normalized spacial score (nSPS) is 32.3. The monoisotopic (exact) mass is 522 g/mol. The highest BCUT2D eigenvalue weighted by Crippen LogP contribution is 2.64. The summed E-state index contributed by atoms with van der Waals surface area (Å²) in [6.45, 7) is 3.78. The van der Waals surface area contributed by atoms with Crippen LogP contribution in [0.2, 0.25) is 0 Å². The predicted molar refractivity (Wildman–Crippen MR) is 132 cm³/mol. The van der Waals surface area contributed by atoms with Crippen molar-refractivity contribution in [3.63, 3.8) is 0 Å². The number of esters is 3. The maximum atomic E-state index is 14.2. The molecule has 1 aromatic heterocycles. The predicted octanol–water partition coefficient (Wildman–Crippen LogP) is 4.43. The van der Waals surface area contributed by atoms with Gasteiger partial charge in [0.25, 0.3) is 0 Å². The Labute approximate surface area is 220 Å². The summed E-state index contributed by atoms with van der Waals surface area (Å²) in [5, 5.41) is 0. The summed E-state index contributed by atoms with van der Waals surface area (Å²) >= 11 is 0. The standard InChI is InChI=1S/C29H30O9/c1-28-11-9-19-27(33)38-22(17-10-12-36-15-17)14-29(19,2)24(28)23(30)21(13-20(28)26(32)35-4)37-25(31)16-5-7-18(34-3)8-6-16/h5-8,10,12-13,15,19-20,22,24H,9,11,14H2,1-4H3/t19-,20-,22-,24-,28-,29-/m0/s1. The molecule has 0 bridgehead atoms. The van der Waals surface area contributed by atoms with Crippen LogP contribution in [0.25, 0.3) is 0 Å². The Kier molecular flexibility index (Phi) is 6.41. The van der Waals surface area contributed by atoms with Gasteiger partial charge in [-0.2, -0.15) is 0 Å². The SMILES string of the molecule is COC(=O)[C@@H]1C=C(OC(=O)c2ccc(OC)cc2)C(=O)[C@H]2[C@@]1(C)CC[C@H]1C(=O)O[C@H](c3ccoc3)C[C@]21C. The van der Waals surface area contributed by atoms with E-state index < -0.39 is 52.4 Å². The van der Waals surface area contributed by atoms with Crippen LogP contribution < -0.4 is 4.74 Å². The highest BCUT2D eigenvalue weighted by Gasteiger charge is 2.66. The number of ether oxygens (including phenoxy) is 4. The molecule has 9 heteroatoms. The van der Waals surface area contributed by atoms with Gasteiger partial charge in [0.05, 0.1) is 44.1 Å². The molecule has 2 aliphatic carbocycles. The average molecular weight is 523 g/mol. The molecule has 1 saturated heterocycles. The lowest BCUT2D eigenvalue weighted by Crippen LogP contribution is -2.61. The second-order valence-corrected chi connectivity index (χ2v) is 10.7. The van der Waals surface area contributed by atoms with Crippen molar-refractivity contribution in [3.05, 3.63) is 65.8 Å². The minimum Gasteiger partial charge on any atom is -0.497 e. The lowest BCUT2D eigenvalue weighted by molar-refractivity contribution is -0.197. The maximum absolute atomic E-state index is 14.2. The minimum absolute atomic E-state index is 0.218. The van der Waals surface area contributed by atoms with Gasteiger partial charge in [0, 0.05) is 11.5 Å². The van der Waals surface area contributed by atoms with Gasteiger partial charge in [0.2, 0.25) is 5.78 Å². The first-order valence-electron chi connectivity index (χ1n) is 12.5. The van der Waals surface area contributed by atoms with Crippen molar-refractivity contribution in [2.45, 2.75) is 39.2 Å². The molecular formula is C29H30O9. The van der Waals surface area contributed by atoms with E-state index in [9.17, 15) is 19.2 Å². The summed E-state index contributed by atoms with van der Waals surface area (Å²) in [7, 11) is 2.80. The fourth-order valence-electron chi connectivity index (χ4n) is 6.77. The van der Waals surface area contributed by atoms with Gasteiger partial charge in [0.15, 0.2) is 5.76 Å². The van der Waals surface area contributed by atoms with Gasteiger partial charge >= 0.3 is 17.9 Å². The summed E-state index contributed by atoms with van der Waals surface area (Å²) in [6.07, 6.45) is 5.05. The molecule has 0 radical (unpaired) electrons. The molecule has 5 rings (SSSR count). The number of hydrogen-bond acceptors (Lipinski definition) is 9. The highest BCUT2D eigenvalue weighted by atomic mass is 16.6. The Morgan fingerprint density at radius 3 is 2.39 bits per heavy atom. The van der Waals surface area contributed by atoms with Crippen LogP contribution in [0.15, 0.2) is 59.1 Å². The molecule has 38 heavy (non-hydrogen) atoms. The van der Waals surface area contributed by atoms with E-state index >= 15 is 0 Å². The number of ketones is 1. The first-order valence-corrected chi connectivity index (χ1v) is 12.5. The zero-order valence-electron chi connectivity index (χ0n) is 21.7. The molecule has 200 valence electrons. The van der Waals surface area contributed by atoms with Crippen molar-refractivity contribution < 1.29 is 42.5 Å². The second-order valence-electron chi connectivity index (χ2n) is 10.7. The summed E-state index contributed by atoms with van der Waals surface area (Å²) in [5.74, 6) is -3.93. The number of Topliss-reactive ketones (excluding diaryl/α,β-unsaturated/α-hetero) is 1. The molecule has 2 aromatic rings. The number of rotatable bonds is 5. The Hall–Kier alpha value is -3.88. The quantitative estimate of drug-likeness (QED) is 0.415. The van der Waals surface area contributed by atoms with E-state index in [4.69, 9.17) is 23.4 Å². The second kappa shape index (κ2) is 9.45. The molecule has 0 N–H and O–H groups in total. The number of methoxy groups -OCH3 is 2. The van der Waals surface area contributed by atoms with E-state index in [-0.39, 0.29) is 17.3 Å². The largest absolute Gasteiger partial charge is 0.497 e. The van der Waals surface area contributed by atoms with Crippen LogP contribution in [0.1, 0.15) is 55.1 Å². The third-order valence-electron chi connectivity index (χ3n) is 8.69. The Morgan fingerprint density at radius 2 is 1.76 bits per heavy atom.